The molecule has 1 unspecified atom stereocenters. The largest absolute Gasteiger partial charge is 0.508 e. The van der Waals surface area contributed by atoms with E-state index in [2.05, 4.69) is 67.5 Å². The molecule has 3 atom stereocenters. The van der Waals surface area contributed by atoms with Crippen LogP contribution in [0.4, 0.5) is 0 Å². The van der Waals surface area contributed by atoms with E-state index >= 15 is 0 Å². The molecule has 3 rings (SSSR count). The molecule has 1 aliphatic heterocycles. The number of benzene rings is 2. The quantitative estimate of drug-likeness (QED) is 0.818. The van der Waals surface area contributed by atoms with Crippen LogP contribution in [0.15, 0.2) is 61.2 Å². The van der Waals surface area contributed by atoms with Crippen LogP contribution in [-0.4, -0.2) is 46.6 Å². The summed E-state index contributed by atoms with van der Waals surface area (Å²) in [5, 5.41) is 10.0. The molecule has 2 aromatic rings. The first kappa shape index (κ1) is 18.7. The number of phenols is 1. The highest BCUT2D eigenvalue weighted by molar-refractivity contribution is 5.38. The van der Waals surface area contributed by atoms with Gasteiger partial charge in [0.05, 0.1) is 6.04 Å². The summed E-state index contributed by atoms with van der Waals surface area (Å²) in [6.07, 6.45) is 1.98. The average Bonchev–Trinajstić information content (AvgIpc) is 2.61. The fourth-order valence-corrected chi connectivity index (χ4v) is 3.98. The third-order valence-corrected chi connectivity index (χ3v) is 5.34. The Morgan fingerprint density at radius 2 is 1.81 bits per heavy atom. The third-order valence-electron chi connectivity index (χ3n) is 5.34. The number of hydrogen-bond donors (Lipinski definition) is 1. The van der Waals surface area contributed by atoms with E-state index in [1.54, 1.807) is 6.07 Å². The number of rotatable bonds is 5. The highest BCUT2D eigenvalue weighted by Crippen LogP contribution is 2.34. The van der Waals surface area contributed by atoms with Gasteiger partial charge in [-0.1, -0.05) is 42.5 Å². The minimum absolute atomic E-state index is 0.117. The zero-order chi connectivity index (χ0) is 18.7. The monoisotopic (exact) mass is 349 g/mol. The molecule has 1 aliphatic rings. The highest BCUT2D eigenvalue weighted by Gasteiger charge is 2.34. The Morgan fingerprint density at radius 1 is 1.08 bits per heavy atom. The van der Waals surface area contributed by atoms with Crippen LogP contribution in [0, 0.1) is 6.92 Å². The lowest BCUT2D eigenvalue weighted by Crippen LogP contribution is -2.57. The smallest absolute Gasteiger partial charge is 0.115 e. The Labute approximate surface area is 157 Å². The van der Waals surface area contributed by atoms with Crippen LogP contribution in [0.25, 0.3) is 0 Å². The first-order valence-corrected chi connectivity index (χ1v) is 9.31. The molecule has 0 aliphatic carbocycles. The normalized spacial score (nSPS) is 22.9. The molecule has 1 heterocycles. The van der Waals surface area contributed by atoms with Crippen molar-refractivity contribution in [1.82, 2.24) is 9.80 Å². The molecule has 3 nitrogen and oxygen atoms in total. The average molecular weight is 349 g/mol. The summed E-state index contributed by atoms with van der Waals surface area (Å²) in [7, 11) is 0. The first-order chi connectivity index (χ1) is 12.5. The number of aromatic hydroxyl groups is 1. The fourth-order valence-electron chi connectivity index (χ4n) is 3.98. The lowest BCUT2D eigenvalue weighted by molar-refractivity contribution is 0.0306. The summed E-state index contributed by atoms with van der Waals surface area (Å²) in [5.74, 6) is 0.312. The van der Waals surface area contributed by atoms with Crippen molar-refractivity contribution in [2.45, 2.75) is 32.0 Å². The zero-order valence-electron chi connectivity index (χ0n) is 15.8. The Morgan fingerprint density at radius 3 is 2.46 bits per heavy atom. The standard InChI is InChI=1S/C23H29N2O/c1-5-13-24-15-19(4)25(16-18(24)3)23(20-11-9-17(2)10-12-20)21-7-6-8-22(26)14-21/h5-12,14,18-19,23,26H,1-2,13,15-16H2,3-4H3/t18-,19+,23?/m0/s1. The number of piperazine rings is 1. The Bertz CT molecular complexity index is 740. The van der Waals surface area contributed by atoms with Gasteiger partial charge >= 0.3 is 0 Å². The molecule has 26 heavy (non-hydrogen) atoms. The second-order valence-corrected chi connectivity index (χ2v) is 7.38. The van der Waals surface area contributed by atoms with Gasteiger partial charge in [0.15, 0.2) is 0 Å². The van der Waals surface area contributed by atoms with Crippen LogP contribution >= 0.6 is 0 Å². The number of phenolic OH excluding ortho intramolecular Hbond substituents is 1. The van der Waals surface area contributed by atoms with E-state index in [0.29, 0.717) is 17.8 Å². The van der Waals surface area contributed by atoms with E-state index in [1.807, 2.05) is 18.2 Å². The maximum Gasteiger partial charge on any atom is 0.115 e. The van der Waals surface area contributed by atoms with E-state index in [0.717, 1.165) is 30.8 Å². The van der Waals surface area contributed by atoms with E-state index in [9.17, 15) is 5.11 Å². The molecule has 0 aromatic heterocycles. The Balaban J connectivity index is 1.98. The maximum atomic E-state index is 10.0. The molecular formula is C23H29N2O. The number of nitrogens with zero attached hydrogens (tertiary/aromatic N) is 2. The lowest BCUT2D eigenvalue weighted by Gasteiger charge is -2.47. The van der Waals surface area contributed by atoms with Crippen LogP contribution < -0.4 is 0 Å². The molecular weight excluding hydrogens is 320 g/mol. The summed E-state index contributed by atoms with van der Waals surface area (Å²) < 4.78 is 0. The highest BCUT2D eigenvalue weighted by atomic mass is 16.3. The molecule has 0 saturated carbocycles. The van der Waals surface area contributed by atoms with Crippen molar-refractivity contribution >= 4 is 0 Å². The van der Waals surface area contributed by atoms with Crippen LogP contribution in [0.3, 0.4) is 0 Å². The van der Waals surface area contributed by atoms with Gasteiger partial charge in [-0.05, 0) is 49.6 Å². The second kappa shape index (κ2) is 8.07. The summed E-state index contributed by atoms with van der Waals surface area (Å²) in [6, 6.07) is 17.1. The molecule has 1 radical (unpaired) electrons. The summed E-state index contributed by atoms with van der Waals surface area (Å²) in [5.41, 5.74) is 3.37. The van der Waals surface area contributed by atoms with E-state index in [1.165, 1.54) is 5.56 Å². The zero-order valence-corrected chi connectivity index (χ0v) is 15.8. The molecule has 2 aromatic carbocycles. The molecule has 0 bridgehead atoms. The van der Waals surface area contributed by atoms with E-state index in [4.69, 9.17) is 0 Å². The predicted molar refractivity (Wildman–Crippen MR) is 108 cm³/mol. The van der Waals surface area contributed by atoms with Gasteiger partial charge in [-0.2, -0.15) is 0 Å². The van der Waals surface area contributed by atoms with Gasteiger partial charge in [0, 0.05) is 31.7 Å². The van der Waals surface area contributed by atoms with Crippen molar-refractivity contribution in [3.05, 3.63) is 84.8 Å². The SMILES string of the molecule is [CH2]c1ccc(C(c2cccc(O)c2)N2C[C@H](C)N(CC=C)C[C@H]2C)cc1. The van der Waals surface area contributed by atoms with Crippen LogP contribution in [-0.2, 0) is 0 Å². The Hall–Kier alpha value is -2.10. The van der Waals surface area contributed by atoms with Crippen molar-refractivity contribution in [2.75, 3.05) is 19.6 Å². The van der Waals surface area contributed by atoms with Gasteiger partial charge in [0.2, 0.25) is 0 Å². The fraction of sp³-hybridized carbons (Fsp3) is 0.348. The molecule has 1 N–H and O–H groups in total. The summed E-state index contributed by atoms with van der Waals surface area (Å²) >= 11 is 0. The van der Waals surface area contributed by atoms with Crippen molar-refractivity contribution in [3.63, 3.8) is 0 Å². The van der Waals surface area contributed by atoms with Crippen molar-refractivity contribution in [2.24, 2.45) is 0 Å². The first-order valence-electron chi connectivity index (χ1n) is 9.31. The second-order valence-electron chi connectivity index (χ2n) is 7.38. The minimum Gasteiger partial charge on any atom is -0.508 e. The molecule has 0 amide bonds. The topological polar surface area (TPSA) is 26.7 Å². The molecule has 3 heteroatoms. The van der Waals surface area contributed by atoms with Crippen molar-refractivity contribution < 1.29 is 5.11 Å². The van der Waals surface area contributed by atoms with Gasteiger partial charge in [-0.25, -0.2) is 0 Å². The molecule has 1 fully saturated rings. The van der Waals surface area contributed by atoms with Gasteiger partial charge in [-0.15, -0.1) is 6.58 Å². The van der Waals surface area contributed by atoms with Gasteiger partial charge in [0.1, 0.15) is 5.75 Å². The van der Waals surface area contributed by atoms with Gasteiger partial charge < -0.3 is 5.11 Å². The predicted octanol–water partition coefficient (Wildman–Crippen LogP) is 4.24. The van der Waals surface area contributed by atoms with Gasteiger partial charge in [-0.3, -0.25) is 9.80 Å². The van der Waals surface area contributed by atoms with Crippen molar-refractivity contribution in [3.8, 4) is 5.75 Å². The summed E-state index contributed by atoms with van der Waals surface area (Å²) in [6.45, 7) is 15.4. The summed E-state index contributed by atoms with van der Waals surface area (Å²) in [4.78, 5) is 5.03. The van der Waals surface area contributed by atoms with Crippen LogP contribution in [0.1, 0.15) is 36.6 Å². The molecule has 0 spiro atoms. The molecule has 1 saturated heterocycles. The van der Waals surface area contributed by atoms with Gasteiger partial charge in [0.25, 0.3) is 0 Å². The van der Waals surface area contributed by atoms with Crippen molar-refractivity contribution in [1.29, 1.82) is 0 Å². The number of hydrogen-bond acceptors (Lipinski definition) is 3. The van der Waals surface area contributed by atoms with Crippen LogP contribution in [0.5, 0.6) is 5.75 Å². The maximum absolute atomic E-state index is 10.0. The van der Waals surface area contributed by atoms with E-state index in [-0.39, 0.29) is 6.04 Å². The Kier molecular flexibility index (Phi) is 5.80. The molecule has 137 valence electrons. The van der Waals surface area contributed by atoms with Crippen LogP contribution in [0.2, 0.25) is 0 Å². The third kappa shape index (κ3) is 4.00. The minimum atomic E-state index is 0.117. The lowest BCUT2D eigenvalue weighted by atomic mass is 9.93. The van der Waals surface area contributed by atoms with E-state index < -0.39 is 0 Å².